The van der Waals surface area contributed by atoms with Crippen molar-refractivity contribution in [2.45, 2.75) is 25.1 Å². The average Bonchev–Trinajstić information content (AvgIpc) is 2.52. The SMILES string of the molecule is CNCC(=O)NC[C@@H]1CCCN(C)[C@H]1c1ccc(C(F)(F)F)cc1. The Kier molecular flexibility index (Phi) is 6.23. The Balaban J connectivity index is 2.12. The second-order valence-corrected chi connectivity index (χ2v) is 6.28. The number of nitrogens with zero attached hydrogens (tertiary/aromatic N) is 1. The van der Waals surface area contributed by atoms with E-state index in [4.69, 9.17) is 0 Å². The van der Waals surface area contributed by atoms with Gasteiger partial charge in [-0.15, -0.1) is 0 Å². The molecule has 1 saturated heterocycles. The number of carbonyl (C=O) groups is 1. The summed E-state index contributed by atoms with van der Waals surface area (Å²) in [6.45, 7) is 1.68. The van der Waals surface area contributed by atoms with Gasteiger partial charge in [0.15, 0.2) is 0 Å². The van der Waals surface area contributed by atoms with E-state index in [0.29, 0.717) is 6.54 Å². The van der Waals surface area contributed by atoms with Crippen molar-refractivity contribution >= 4 is 5.91 Å². The maximum atomic E-state index is 12.7. The smallest absolute Gasteiger partial charge is 0.355 e. The molecule has 24 heavy (non-hydrogen) atoms. The number of halogens is 3. The first-order chi connectivity index (χ1) is 11.3. The molecule has 2 N–H and O–H groups in total. The molecule has 0 spiro atoms. The summed E-state index contributed by atoms with van der Waals surface area (Å²) in [5.41, 5.74) is 0.224. The van der Waals surface area contributed by atoms with E-state index in [2.05, 4.69) is 15.5 Å². The van der Waals surface area contributed by atoms with Gasteiger partial charge in [-0.2, -0.15) is 13.2 Å². The first-order valence-corrected chi connectivity index (χ1v) is 8.11. The molecule has 0 saturated carbocycles. The highest BCUT2D eigenvalue weighted by Crippen LogP contribution is 2.36. The molecular weight excluding hydrogens is 319 g/mol. The molecule has 1 aromatic rings. The minimum atomic E-state index is -4.32. The Morgan fingerprint density at radius 1 is 1.29 bits per heavy atom. The van der Waals surface area contributed by atoms with Crippen LogP contribution in [0.1, 0.15) is 30.0 Å². The molecule has 2 atom stereocenters. The molecule has 4 nitrogen and oxygen atoms in total. The van der Waals surface area contributed by atoms with Gasteiger partial charge in [0.05, 0.1) is 12.1 Å². The number of benzene rings is 1. The van der Waals surface area contributed by atoms with Crippen molar-refractivity contribution in [3.63, 3.8) is 0 Å². The van der Waals surface area contributed by atoms with Gasteiger partial charge >= 0.3 is 6.18 Å². The van der Waals surface area contributed by atoms with Gasteiger partial charge in [0.1, 0.15) is 0 Å². The second-order valence-electron chi connectivity index (χ2n) is 6.28. The lowest BCUT2D eigenvalue weighted by Crippen LogP contribution is -2.43. The number of hydrogen-bond acceptors (Lipinski definition) is 3. The normalized spacial score (nSPS) is 22.4. The third kappa shape index (κ3) is 4.70. The molecule has 1 fully saturated rings. The van der Waals surface area contributed by atoms with Crippen LogP contribution >= 0.6 is 0 Å². The second kappa shape index (κ2) is 7.98. The van der Waals surface area contributed by atoms with E-state index in [1.54, 1.807) is 19.2 Å². The molecule has 134 valence electrons. The van der Waals surface area contributed by atoms with Gasteiger partial charge in [0, 0.05) is 12.6 Å². The van der Waals surface area contributed by atoms with Crippen molar-refractivity contribution in [2.24, 2.45) is 5.92 Å². The minimum Gasteiger partial charge on any atom is -0.355 e. The number of likely N-dealkylation sites (tertiary alicyclic amines) is 1. The third-order valence-corrected chi connectivity index (χ3v) is 4.49. The zero-order valence-electron chi connectivity index (χ0n) is 14.0. The molecule has 7 heteroatoms. The van der Waals surface area contributed by atoms with Gasteiger partial charge in [0.2, 0.25) is 5.91 Å². The summed E-state index contributed by atoms with van der Waals surface area (Å²) in [5, 5.41) is 5.70. The van der Waals surface area contributed by atoms with Crippen molar-refractivity contribution in [1.82, 2.24) is 15.5 Å². The van der Waals surface area contributed by atoms with Gasteiger partial charge in [-0.05, 0) is 57.1 Å². The molecule has 1 aliphatic rings. The highest BCUT2D eigenvalue weighted by Gasteiger charge is 2.33. The Morgan fingerprint density at radius 2 is 1.96 bits per heavy atom. The zero-order chi connectivity index (χ0) is 17.7. The monoisotopic (exact) mass is 343 g/mol. The number of piperidine rings is 1. The van der Waals surface area contributed by atoms with Gasteiger partial charge in [0.25, 0.3) is 0 Å². The number of hydrogen-bond donors (Lipinski definition) is 2. The van der Waals surface area contributed by atoms with E-state index in [1.807, 2.05) is 7.05 Å². The first kappa shape index (κ1) is 18.7. The summed E-state index contributed by atoms with van der Waals surface area (Å²) < 4.78 is 38.2. The number of alkyl halides is 3. The Hall–Kier alpha value is -1.60. The van der Waals surface area contributed by atoms with Crippen LogP contribution in [0, 0.1) is 5.92 Å². The van der Waals surface area contributed by atoms with Crippen LogP contribution in [0.15, 0.2) is 24.3 Å². The maximum absolute atomic E-state index is 12.7. The largest absolute Gasteiger partial charge is 0.416 e. The van der Waals surface area contributed by atoms with Crippen molar-refractivity contribution in [2.75, 3.05) is 33.7 Å². The van der Waals surface area contributed by atoms with Crippen molar-refractivity contribution < 1.29 is 18.0 Å². The van der Waals surface area contributed by atoms with E-state index in [0.717, 1.165) is 37.1 Å². The molecule has 0 radical (unpaired) electrons. The van der Waals surface area contributed by atoms with Gasteiger partial charge in [-0.1, -0.05) is 12.1 Å². The topological polar surface area (TPSA) is 44.4 Å². The minimum absolute atomic E-state index is 0.0101. The van der Waals surface area contributed by atoms with Gasteiger partial charge < -0.3 is 10.6 Å². The molecule has 0 aliphatic carbocycles. The zero-order valence-corrected chi connectivity index (χ0v) is 14.0. The molecule has 1 aromatic carbocycles. The van der Waals surface area contributed by atoms with Crippen LogP contribution in [0.3, 0.4) is 0 Å². The Bertz CT molecular complexity index is 545. The molecule has 1 heterocycles. The summed E-state index contributed by atoms with van der Waals surface area (Å²) in [6, 6.07) is 5.38. The van der Waals surface area contributed by atoms with Crippen LogP contribution in [-0.4, -0.2) is 44.5 Å². The number of nitrogens with one attached hydrogen (secondary N) is 2. The Morgan fingerprint density at radius 3 is 2.54 bits per heavy atom. The number of carbonyl (C=O) groups excluding carboxylic acids is 1. The van der Waals surface area contributed by atoms with Gasteiger partial charge in [-0.25, -0.2) is 0 Å². The fraction of sp³-hybridized carbons (Fsp3) is 0.588. The Labute approximate surface area is 140 Å². The third-order valence-electron chi connectivity index (χ3n) is 4.49. The molecule has 0 unspecified atom stereocenters. The number of likely N-dealkylation sites (N-methyl/N-ethyl adjacent to an activating group) is 1. The lowest BCUT2D eigenvalue weighted by atomic mass is 9.84. The van der Waals surface area contributed by atoms with Gasteiger partial charge in [-0.3, -0.25) is 9.69 Å². The highest BCUT2D eigenvalue weighted by molar-refractivity contribution is 5.77. The fourth-order valence-electron chi connectivity index (χ4n) is 3.34. The molecule has 1 aliphatic heterocycles. The number of rotatable bonds is 5. The van der Waals surface area contributed by atoms with Crippen LogP contribution in [-0.2, 0) is 11.0 Å². The van der Waals surface area contributed by atoms with E-state index < -0.39 is 11.7 Å². The lowest BCUT2D eigenvalue weighted by molar-refractivity contribution is -0.137. The fourth-order valence-corrected chi connectivity index (χ4v) is 3.34. The summed E-state index contributed by atoms with van der Waals surface area (Å²) in [7, 11) is 3.68. The quantitative estimate of drug-likeness (QED) is 0.863. The average molecular weight is 343 g/mol. The summed E-state index contributed by atoms with van der Waals surface area (Å²) in [6.07, 6.45) is -2.37. The summed E-state index contributed by atoms with van der Waals surface area (Å²) in [4.78, 5) is 13.8. The lowest BCUT2D eigenvalue weighted by Gasteiger charge is -2.39. The molecule has 0 aromatic heterocycles. The first-order valence-electron chi connectivity index (χ1n) is 8.11. The van der Waals surface area contributed by atoms with Crippen molar-refractivity contribution in [3.05, 3.63) is 35.4 Å². The predicted octanol–water partition coefficient (Wildman–Crippen LogP) is 2.42. The van der Waals surface area contributed by atoms with Crippen molar-refractivity contribution in [1.29, 1.82) is 0 Å². The molecular formula is C17H24F3N3O. The summed E-state index contributed by atoms with van der Waals surface area (Å²) >= 11 is 0. The van der Waals surface area contributed by atoms with E-state index in [-0.39, 0.29) is 24.4 Å². The van der Waals surface area contributed by atoms with Crippen LogP contribution in [0.2, 0.25) is 0 Å². The van der Waals surface area contributed by atoms with E-state index in [1.165, 1.54) is 0 Å². The van der Waals surface area contributed by atoms with Crippen molar-refractivity contribution in [3.8, 4) is 0 Å². The summed E-state index contributed by atoms with van der Waals surface area (Å²) in [5.74, 6) is 0.109. The number of amides is 1. The van der Waals surface area contributed by atoms with Crippen LogP contribution in [0.25, 0.3) is 0 Å². The van der Waals surface area contributed by atoms with Crippen LogP contribution in [0.4, 0.5) is 13.2 Å². The predicted molar refractivity (Wildman–Crippen MR) is 86.5 cm³/mol. The standard InChI is InChI=1S/C17H24F3N3O/c1-21-11-15(24)22-10-13-4-3-9-23(2)16(13)12-5-7-14(8-6-12)17(18,19)20/h5-8,13,16,21H,3-4,9-11H2,1-2H3,(H,22,24)/t13-,16-/m0/s1. The molecule has 2 rings (SSSR count). The van der Waals surface area contributed by atoms with Crippen LogP contribution < -0.4 is 10.6 Å². The van der Waals surface area contributed by atoms with Crippen LogP contribution in [0.5, 0.6) is 0 Å². The van der Waals surface area contributed by atoms with E-state index >= 15 is 0 Å². The van der Waals surface area contributed by atoms with E-state index in [9.17, 15) is 18.0 Å². The maximum Gasteiger partial charge on any atom is 0.416 e. The molecule has 1 amide bonds. The molecule has 0 bridgehead atoms. The highest BCUT2D eigenvalue weighted by atomic mass is 19.4.